The van der Waals surface area contributed by atoms with Gasteiger partial charge in [0.05, 0.1) is 29.4 Å². The average molecular weight is 286 g/mol. The number of carbonyl (C=O) groups excluding carboxylic acids is 1. The second kappa shape index (κ2) is 5.73. The van der Waals surface area contributed by atoms with Crippen molar-refractivity contribution in [3.8, 4) is 0 Å². The summed E-state index contributed by atoms with van der Waals surface area (Å²) >= 11 is 5.97. The number of nitrogens with two attached hydrogens (primary N) is 1. The van der Waals surface area contributed by atoms with Crippen molar-refractivity contribution >= 4 is 23.3 Å². The average Bonchev–Trinajstić information content (AvgIpc) is 2.40. The Bertz CT molecular complexity index is 483. The van der Waals surface area contributed by atoms with Crippen molar-refractivity contribution in [1.82, 2.24) is 9.88 Å². The number of halogens is 1. The molecule has 2 unspecified atom stereocenters. The van der Waals surface area contributed by atoms with Crippen molar-refractivity contribution in [3.63, 3.8) is 0 Å². The lowest BCUT2D eigenvalue weighted by molar-refractivity contribution is -0.0858. The van der Waals surface area contributed by atoms with Crippen LogP contribution in [-0.4, -0.2) is 52.8 Å². The van der Waals surface area contributed by atoms with Crippen LogP contribution in [0.4, 0.5) is 5.82 Å². The van der Waals surface area contributed by atoms with Crippen LogP contribution in [0.1, 0.15) is 17.3 Å². The van der Waals surface area contributed by atoms with Crippen LogP contribution in [0.2, 0.25) is 5.02 Å². The fourth-order valence-electron chi connectivity index (χ4n) is 2.10. The Morgan fingerprint density at radius 2 is 2.42 bits per heavy atom. The Labute approximate surface area is 116 Å². The molecule has 1 aromatic heterocycles. The molecule has 0 saturated carbocycles. The van der Waals surface area contributed by atoms with E-state index in [0.29, 0.717) is 18.7 Å². The molecule has 1 aliphatic rings. The maximum atomic E-state index is 12.4. The van der Waals surface area contributed by atoms with Crippen molar-refractivity contribution in [1.29, 1.82) is 0 Å². The van der Waals surface area contributed by atoms with Gasteiger partial charge in [-0.05, 0) is 13.0 Å². The van der Waals surface area contributed by atoms with E-state index in [-0.39, 0.29) is 35.6 Å². The third-order valence-corrected chi connectivity index (χ3v) is 3.23. The van der Waals surface area contributed by atoms with Gasteiger partial charge in [0.1, 0.15) is 5.82 Å². The van der Waals surface area contributed by atoms with Gasteiger partial charge < -0.3 is 20.5 Å². The number of nitrogens with zero attached hydrogens (tertiary/aromatic N) is 2. The van der Waals surface area contributed by atoms with Gasteiger partial charge in [0.2, 0.25) is 0 Å². The normalized spacial score (nSPS) is 23.4. The molecular formula is C12H16ClN3O3. The molecular weight excluding hydrogens is 270 g/mol. The summed E-state index contributed by atoms with van der Waals surface area (Å²) < 4.78 is 5.49. The molecule has 6 nitrogen and oxygen atoms in total. The zero-order valence-corrected chi connectivity index (χ0v) is 11.3. The van der Waals surface area contributed by atoms with Crippen LogP contribution in [0.25, 0.3) is 0 Å². The van der Waals surface area contributed by atoms with Gasteiger partial charge in [-0.15, -0.1) is 0 Å². The number of pyridine rings is 1. The van der Waals surface area contributed by atoms with Crippen LogP contribution < -0.4 is 5.73 Å². The molecule has 7 heteroatoms. The molecule has 1 aliphatic heterocycles. The Balaban J connectivity index is 2.21. The first-order chi connectivity index (χ1) is 9.01. The standard InChI is InChI=1S/C12H16ClN3O3/c1-7-4-16(5-8(6-17)19-7)12(18)9-2-11(14)15-3-10(9)13/h2-3,7-8,17H,4-6H2,1H3,(H2,14,15). The first kappa shape index (κ1) is 14.0. The third kappa shape index (κ3) is 3.15. The molecule has 1 aromatic rings. The van der Waals surface area contributed by atoms with Crippen molar-refractivity contribution in [2.45, 2.75) is 19.1 Å². The Morgan fingerprint density at radius 3 is 3.11 bits per heavy atom. The molecule has 2 rings (SSSR count). The summed E-state index contributed by atoms with van der Waals surface area (Å²) in [5.41, 5.74) is 5.89. The quantitative estimate of drug-likeness (QED) is 0.828. The number of aromatic nitrogens is 1. The summed E-state index contributed by atoms with van der Waals surface area (Å²) in [6.07, 6.45) is 0.857. The molecule has 2 atom stereocenters. The zero-order valence-electron chi connectivity index (χ0n) is 10.5. The second-order valence-corrected chi connectivity index (χ2v) is 4.96. The molecule has 104 valence electrons. The summed E-state index contributed by atoms with van der Waals surface area (Å²) in [5.74, 6) is 0.0143. The summed E-state index contributed by atoms with van der Waals surface area (Å²) in [5, 5.41) is 9.42. The third-order valence-electron chi connectivity index (χ3n) is 2.92. The number of rotatable bonds is 2. The molecule has 0 aromatic carbocycles. The first-order valence-electron chi connectivity index (χ1n) is 5.98. The molecule has 0 bridgehead atoms. The monoisotopic (exact) mass is 285 g/mol. The SMILES string of the molecule is CC1CN(C(=O)c2cc(N)ncc2Cl)CC(CO)O1. The highest BCUT2D eigenvalue weighted by atomic mass is 35.5. The van der Waals surface area contributed by atoms with Crippen molar-refractivity contribution in [2.24, 2.45) is 0 Å². The lowest BCUT2D eigenvalue weighted by Crippen LogP contribution is -2.50. The van der Waals surface area contributed by atoms with E-state index >= 15 is 0 Å². The predicted molar refractivity (Wildman–Crippen MR) is 71.0 cm³/mol. The smallest absolute Gasteiger partial charge is 0.255 e. The number of ether oxygens (including phenoxy) is 1. The number of aliphatic hydroxyl groups is 1. The summed E-state index contributed by atoms with van der Waals surface area (Å²) in [7, 11) is 0. The van der Waals surface area contributed by atoms with Crippen molar-refractivity contribution in [2.75, 3.05) is 25.4 Å². The van der Waals surface area contributed by atoms with Gasteiger partial charge in [-0.2, -0.15) is 0 Å². The fraction of sp³-hybridized carbons (Fsp3) is 0.500. The van der Waals surface area contributed by atoms with Gasteiger partial charge >= 0.3 is 0 Å². The molecule has 0 radical (unpaired) electrons. The van der Waals surface area contributed by atoms with E-state index in [2.05, 4.69) is 4.98 Å². The zero-order chi connectivity index (χ0) is 14.0. The maximum Gasteiger partial charge on any atom is 0.255 e. The molecule has 1 amide bonds. The van der Waals surface area contributed by atoms with Crippen LogP contribution in [-0.2, 0) is 4.74 Å². The number of hydrogen-bond donors (Lipinski definition) is 2. The van der Waals surface area contributed by atoms with Crippen LogP contribution in [0.15, 0.2) is 12.3 Å². The highest BCUT2D eigenvalue weighted by Gasteiger charge is 2.29. The van der Waals surface area contributed by atoms with Gasteiger partial charge in [0.25, 0.3) is 5.91 Å². The summed E-state index contributed by atoms with van der Waals surface area (Å²) in [4.78, 5) is 17.8. The molecule has 0 spiro atoms. The van der Waals surface area contributed by atoms with Gasteiger partial charge in [-0.25, -0.2) is 4.98 Å². The number of carbonyl (C=O) groups is 1. The lowest BCUT2D eigenvalue weighted by Gasteiger charge is -2.36. The molecule has 2 heterocycles. The minimum absolute atomic E-state index is 0.125. The molecule has 0 aliphatic carbocycles. The number of aliphatic hydroxyl groups excluding tert-OH is 1. The minimum Gasteiger partial charge on any atom is -0.394 e. The molecule has 19 heavy (non-hydrogen) atoms. The van der Waals surface area contributed by atoms with E-state index in [4.69, 9.17) is 27.2 Å². The van der Waals surface area contributed by atoms with E-state index < -0.39 is 0 Å². The van der Waals surface area contributed by atoms with Crippen LogP contribution in [0, 0.1) is 0 Å². The number of amides is 1. The Kier molecular flexibility index (Phi) is 4.24. The number of hydrogen-bond acceptors (Lipinski definition) is 5. The fourth-order valence-corrected chi connectivity index (χ4v) is 2.29. The maximum absolute atomic E-state index is 12.4. The number of nitrogen functional groups attached to an aromatic ring is 1. The topological polar surface area (TPSA) is 88.7 Å². The number of morpholine rings is 1. The van der Waals surface area contributed by atoms with E-state index in [1.807, 2.05) is 6.92 Å². The largest absolute Gasteiger partial charge is 0.394 e. The first-order valence-corrected chi connectivity index (χ1v) is 6.35. The van der Waals surface area contributed by atoms with Gasteiger partial charge in [-0.3, -0.25) is 4.79 Å². The Morgan fingerprint density at radius 1 is 1.68 bits per heavy atom. The molecule has 1 saturated heterocycles. The Hall–Kier alpha value is -1.37. The number of anilines is 1. The van der Waals surface area contributed by atoms with E-state index in [9.17, 15) is 4.79 Å². The van der Waals surface area contributed by atoms with Gasteiger partial charge in [0, 0.05) is 19.3 Å². The van der Waals surface area contributed by atoms with E-state index in [1.54, 1.807) is 4.90 Å². The highest BCUT2D eigenvalue weighted by Crippen LogP contribution is 2.21. The van der Waals surface area contributed by atoms with Gasteiger partial charge in [0.15, 0.2) is 0 Å². The van der Waals surface area contributed by atoms with E-state index in [0.717, 1.165) is 0 Å². The molecule has 3 N–H and O–H groups in total. The second-order valence-electron chi connectivity index (χ2n) is 4.55. The van der Waals surface area contributed by atoms with Crippen LogP contribution in [0.5, 0.6) is 0 Å². The van der Waals surface area contributed by atoms with Crippen molar-refractivity contribution in [3.05, 3.63) is 22.8 Å². The molecule has 1 fully saturated rings. The summed E-state index contributed by atoms with van der Waals surface area (Å²) in [6.45, 7) is 2.51. The van der Waals surface area contributed by atoms with Gasteiger partial charge in [-0.1, -0.05) is 11.6 Å². The van der Waals surface area contributed by atoms with Crippen LogP contribution in [0.3, 0.4) is 0 Å². The van der Waals surface area contributed by atoms with Crippen LogP contribution >= 0.6 is 11.6 Å². The van der Waals surface area contributed by atoms with Crippen molar-refractivity contribution < 1.29 is 14.6 Å². The lowest BCUT2D eigenvalue weighted by atomic mass is 10.1. The summed E-state index contributed by atoms with van der Waals surface area (Å²) in [6, 6.07) is 1.46. The predicted octanol–water partition coefficient (Wildman–Crippen LogP) is 0.539. The highest BCUT2D eigenvalue weighted by molar-refractivity contribution is 6.33. The van der Waals surface area contributed by atoms with E-state index in [1.165, 1.54) is 12.3 Å². The minimum atomic E-state index is -0.370.